The van der Waals surface area contributed by atoms with E-state index in [9.17, 15) is 4.79 Å². The molecule has 1 N–H and O–H groups in total. The molecular weight excluding hydrogens is 196 g/mol. The highest BCUT2D eigenvalue weighted by Crippen LogP contribution is 2.12. The highest BCUT2D eigenvalue weighted by molar-refractivity contribution is 7.09. The number of aromatic nitrogens is 2. The number of carbonyl (C=O) groups excluding carboxylic acids is 1. The molecule has 0 aliphatic rings. The number of nitrogens with zero attached hydrogens (tertiary/aromatic N) is 1. The molecule has 0 aliphatic heterocycles. The smallest absolute Gasteiger partial charge is 0.170 e. The summed E-state index contributed by atoms with van der Waals surface area (Å²) in [5.41, 5.74) is 1.45. The summed E-state index contributed by atoms with van der Waals surface area (Å²) < 4.78 is 0. The molecule has 0 amide bonds. The highest BCUT2D eigenvalue weighted by atomic mass is 32.1. The Kier molecular flexibility index (Phi) is 2.74. The molecule has 0 spiro atoms. The molecule has 2 rings (SSSR count). The van der Waals surface area contributed by atoms with E-state index in [1.165, 1.54) is 4.88 Å². The van der Waals surface area contributed by atoms with E-state index in [0.29, 0.717) is 5.69 Å². The van der Waals surface area contributed by atoms with Crippen molar-refractivity contribution in [3.63, 3.8) is 0 Å². The molecule has 0 unspecified atom stereocenters. The van der Waals surface area contributed by atoms with Crippen LogP contribution in [0.25, 0.3) is 0 Å². The Hall–Kier alpha value is -1.42. The van der Waals surface area contributed by atoms with Gasteiger partial charge in [0.05, 0.1) is 6.33 Å². The molecule has 0 bridgehead atoms. The van der Waals surface area contributed by atoms with Crippen LogP contribution in [-0.4, -0.2) is 16.3 Å². The number of carbonyl (C=O) groups is 1. The Bertz CT molecular complexity index is 405. The number of rotatable bonds is 4. The minimum atomic E-state index is 0.529. The maximum Gasteiger partial charge on any atom is 0.170 e. The number of aryl methyl sites for hydroxylation is 2. The molecule has 2 aromatic heterocycles. The number of hydrogen-bond donors (Lipinski definition) is 1. The first kappa shape index (κ1) is 9.15. The first-order valence-corrected chi connectivity index (χ1v) is 5.28. The summed E-state index contributed by atoms with van der Waals surface area (Å²) in [5, 5.41) is 2.06. The normalized spacial score (nSPS) is 10.3. The minimum absolute atomic E-state index is 0.529. The van der Waals surface area contributed by atoms with Crippen LogP contribution in [0, 0.1) is 0 Å². The van der Waals surface area contributed by atoms with E-state index in [0.717, 1.165) is 24.8 Å². The molecule has 72 valence electrons. The van der Waals surface area contributed by atoms with Crippen LogP contribution in [0.5, 0.6) is 0 Å². The van der Waals surface area contributed by atoms with Crippen molar-refractivity contribution in [2.24, 2.45) is 0 Å². The van der Waals surface area contributed by atoms with Crippen molar-refractivity contribution in [2.75, 3.05) is 0 Å². The molecule has 0 fully saturated rings. The van der Waals surface area contributed by atoms with Gasteiger partial charge in [0.2, 0.25) is 0 Å². The van der Waals surface area contributed by atoms with Crippen molar-refractivity contribution in [1.82, 2.24) is 9.97 Å². The fraction of sp³-hybridized carbons (Fsp3) is 0.200. The van der Waals surface area contributed by atoms with Crippen molar-refractivity contribution in [3.8, 4) is 0 Å². The summed E-state index contributed by atoms with van der Waals surface area (Å²) in [6.45, 7) is 0. The molecule has 0 saturated carbocycles. The van der Waals surface area contributed by atoms with E-state index in [4.69, 9.17) is 0 Å². The second-order valence-corrected chi connectivity index (χ2v) is 4.00. The predicted molar refractivity (Wildman–Crippen MR) is 55.7 cm³/mol. The van der Waals surface area contributed by atoms with Crippen LogP contribution in [0.15, 0.2) is 23.8 Å². The van der Waals surface area contributed by atoms with E-state index < -0.39 is 0 Å². The number of nitrogens with one attached hydrogen (secondary N) is 1. The molecule has 3 nitrogen and oxygen atoms in total. The van der Waals surface area contributed by atoms with Crippen molar-refractivity contribution in [2.45, 2.75) is 12.8 Å². The molecule has 0 radical (unpaired) electrons. The van der Waals surface area contributed by atoms with Gasteiger partial charge in [-0.3, -0.25) is 4.79 Å². The van der Waals surface area contributed by atoms with Gasteiger partial charge >= 0.3 is 0 Å². The van der Waals surface area contributed by atoms with Gasteiger partial charge < -0.3 is 4.98 Å². The number of H-pyrrole nitrogens is 1. The fourth-order valence-corrected chi connectivity index (χ4v) is 2.05. The average Bonchev–Trinajstić information content (AvgIpc) is 2.85. The first-order valence-electron chi connectivity index (χ1n) is 4.40. The maximum atomic E-state index is 10.6. The first-order chi connectivity index (χ1) is 6.90. The van der Waals surface area contributed by atoms with E-state index in [1.807, 2.05) is 6.07 Å². The van der Waals surface area contributed by atoms with E-state index in [-0.39, 0.29) is 0 Å². The largest absolute Gasteiger partial charge is 0.348 e. The Labute approximate surface area is 85.8 Å². The zero-order valence-corrected chi connectivity index (χ0v) is 8.38. The number of thiophene rings is 1. The van der Waals surface area contributed by atoms with E-state index in [1.54, 1.807) is 17.7 Å². The van der Waals surface area contributed by atoms with Gasteiger partial charge in [0.1, 0.15) is 5.69 Å². The second kappa shape index (κ2) is 4.19. The van der Waals surface area contributed by atoms with Crippen LogP contribution in [-0.2, 0) is 12.8 Å². The fourth-order valence-electron chi connectivity index (χ4n) is 1.34. The number of hydrogen-bond acceptors (Lipinski definition) is 3. The van der Waals surface area contributed by atoms with Crippen molar-refractivity contribution in [3.05, 3.63) is 40.1 Å². The van der Waals surface area contributed by atoms with Gasteiger partial charge in [-0.05, 0) is 24.3 Å². The Morgan fingerprint density at radius 1 is 1.50 bits per heavy atom. The maximum absolute atomic E-state index is 10.6. The van der Waals surface area contributed by atoms with Crippen LogP contribution in [0.2, 0.25) is 0 Å². The average molecular weight is 206 g/mol. The van der Waals surface area contributed by atoms with Gasteiger partial charge in [-0.15, -0.1) is 11.3 Å². The summed E-state index contributed by atoms with van der Waals surface area (Å²) in [7, 11) is 0. The predicted octanol–water partition coefficient (Wildman–Crippen LogP) is 2.07. The van der Waals surface area contributed by atoms with Crippen molar-refractivity contribution >= 4 is 17.6 Å². The molecule has 2 heterocycles. The highest BCUT2D eigenvalue weighted by Gasteiger charge is 2.04. The standard InChI is InChI=1S/C10H10N2OS/c13-6-10-9(11-7-12-10)4-3-8-2-1-5-14-8/h1-2,5-7H,3-4H2,(H,11,12). The number of imidazole rings is 1. The molecule has 0 aliphatic carbocycles. The molecule has 0 aromatic carbocycles. The van der Waals surface area contributed by atoms with E-state index >= 15 is 0 Å². The molecule has 2 aromatic rings. The van der Waals surface area contributed by atoms with Crippen molar-refractivity contribution in [1.29, 1.82) is 0 Å². The lowest BCUT2D eigenvalue weighted by Crippen LogP contribution is -1.94. The summed E-state index contributed by atoms with van der Waals surface area (Å²) in [5.74, 6) is 0. The van der Waals surface area contributed by atoms with Gasteiger partial charge in [0, 0.05) is 10.6 Å². The summed E-state index contributed by atoms with van der Waals surface area (Å²) in [6.07, 6.45) is 4.16. The summed E-state index contributed by atoms with van der Waals surface area (Å²) >= 11 is 1.74. The van der Waals surface area contributed by atoms with Gasteiger partial charge in [0.15, 0.2) is 6.29 Å². The topological polar surface area (TPSA) is 45.8 Å². The third kappa shape index (κ3) is 1.90. The van der Waals surface area contributed by atoms with Gasteiger partial charge in [0.25, 0.3) is 0 Å². The molecule has 14 heavy (non-hydrogen) atoms. The molecular formula is C10H10N2OS. The molecule has 4 heteroatoms. The van der Waals surface area contributed by atoms with Crippen LogP contribution >= 0.6 is 11.3 Å². The summed E-state index contributed by atoms with van der Waals surface area (Å²) in [4.78, 5) is 18.8. The zero-order chi connectivity index (χ0) is 9.80. The van der Waals surface area contributed by atoms with Crippen LogP contribution < -0.4 is 0 Å². The lowest BCUT2D eigenvalue weighted by atomic mass is 10.2. The number of aldehydes is 1. The lowest BCUT2D eigenvalue weighted by molar-refractivity contribution is 0.111. The van der Waals surface area contributed by atoms with Crippen molar-refractivity contribution < 1.29 is 4.79 Å². The molecule has 0 saturated heterocycles. The van der Waals surface area contributed by atoms with Crippen LogP contribution in [0.3, 0.4) is 0 Å². The van der Waals surface area contributed by atoms with Gasteiger partial charge in [-0.25, -0.2) is 4.98 Å². The van der Waals surface area contributed by atoms with E-state index in [2.05, 4.69) is 21.4 Å². The third-order valence-corrected chi connectivity index (χ3v) is 3.00. The monoisotopic (exact) mass is 206 g/mol. The Balaban J connectivity index is 2.01. The van der Waals surface area contributed by atoms with Crippen LogP contribution in [0.1, 0.15) is 21.1 Å². The van der Waals surface area contributed by atoms with Gasteiger partial charge in [-0.2, -0.15) is 0 Å². The minimum Gasteiger partial charge on any atom is -0.348 e. The SMILES string of the molecule is O=Cc1nc[nH]c1CCc1cccs1. The third-order valence-electron chi connectivity index (χ3n) is 2.06. The zero-order valence-electron chi connectivity index (χ0n) is 7.56. The Morgan fingerprint density at radius 2 is 2.43 bits per heavy atom. The number of aromatic amines is 1. The lowest BCUT2D eigenvalue weighted by Gasteiger charge is -1.96. The summed E-state index contributed by atoms with van der Waals surface area (Å²) in [6, 6.07) is 4.13. The molecule has 0 atom stereocenters. The Morgan fingerprint density at radius 3 is 3.14 bits per heavy atom. The van der Waals surface area contributed by atoms with Crippen LogP contribution in [0.4, 0.5) is 0 Å². The quantitative estimate of drug-likeness (QED) is 0.778. The van der Waals surface area contributed by atoms with Gasteiger partial charge in [-0.1, -0.05) is 6.07 Å². The second-order valence-electron chi connectivity index (χ2n) is 2.96.